The molecular weight excluding hydrogens is 292 g/mol. The minimum absolute atomic E-state index is 0.0372. The number of hydrogen-bond donors (Lipinski definition) is 2. The molecule has 1 saturated carbocycles. The van der Waals surface area contributed by atoms with E-state index in [1.165, 1.54) is 37.7 Å². The second-order valence-electron chi connectivity index (χ2n) is 6.57. The molecule has 3 rings (SSSR count). The standard InChI is InChI=1S/C18H24N2O3/c1-12-16(17(21)19-12)20-18(22)23-11-13-7-9-15(10-8-13)14-5-3-2-4-6-14/h7-10,12,14,16H,2-6,11H2,1H3,(H,19,21)(H,20,22)/t12-,16+/m1/s1. The Kier molecular flexibility index (Phi) is 4.84. The highest BCUT2D eigenvalue weighted by Crippen LogP contribution is 2.32. The molecule has 2 atom stereocenters. The van der Waals surface area contributed by atoms with E-state index in [0.717, 1.165) is 5.56 Å². The Bertz CT molecular complexity index is 564. The molecule has 1 heterocycles. The van der Waals surface area contributed by atoms with Crippen molar-refractivity contribution < 1.29 is 14.3 Å². The number of rotatable bonds is 4. The quantitative estimate of drug-likeness (QED) is 0.839. The number of benzene rings is 1. The monoisotopic (exact) mass is 316 g/mol. The van der Waals surface area contributed by atoms with Gasteiger partial charge in [0.15, 0.2) is 0 Å². The van der Waals surface area contributed by atoms with E-state index >= 15 is 0 Å². The van der Waals surface area contributed by atoms with Crippen LogP contribution in [0, 0.1) is 0 Å². The zero-order chi connectivity index (χ0) is 16.2. The third kappa shape index (κ3) is 3.84. The summed E-state index contributed by atoms with van der Waals surface area (Å²) in [5.74, 6) is 0.520. The number of amides is 2. The van der Waals surface area contributed by atoms with Gasteiger partial charge in [-0.3, -0.25) is 4.79 Å². The Morgan fingerprint density at radius 1 is 1.22 bits per heavy atom. The van der Waals surface area contributed by atoms with Gasteiger partial charge < -0.3 is 15.4 Å². The molecule has 2 fully saturated rings. The molecule has 1 aromatic carbocycles. The SMILES string of the molecule is C[C@H]1NC(=O)[C@H]1NC(=O)OCc1ccc(C2CCCCC2)cc1. The Morgan fingerprint density at radius 3 is 2.52 bits per heavy atom. The van der Waals surface area contributed by atoms with Gasteiger partial charge in [0, 0.05) is 0 Å². The van der Waals surface area contributed by atoms with E-state index in [1.807, 2.05) is 19.1 Å². The molecule has 23 heavy (non-hydrogen) atoms. The van der Waals surface area contributed by atoms with Crippen molar-refractivity contribution in [3.8, 4) is 0 Å². The number of alkyl carbamates (subject to hydrolysis) is 1. The average Bonchev–Trinajstić information content (AvgIpc) is 2.59. The summed E-state index contributed by atoms with van der Waals surface area (Å²) in [6.07, 6.45) is 6.01. The van der Waals surface area contributed by atoms with Crippen LogP contribution in [0.25, 0.3) is 0 Å². The topological polar surface area (TPSA) is 67.4 Å². The summed E-state index contributed by atoms with van der Waals surface area (Å²) < 4.78 is 5.19. The molecule has 0 spiro atoms. The van der Waals surface area contributed by atoms with Gasteiger partial charge >= 0.3 is 6.09 Å². The van der Waals surface area contributed by atoms with Gasteiger partial charge in [-0.2, -0.15) is 0 Å². The number of hydrogen-bond acceptors (Lipinski definition) is 3. The van der Waals surface area contributed by atoms with E-state index in [-0.39, 0.29) is 18.6 Å². The van der Waals surface area contributed by atoms with Crippen molar-refractivity contribution in [2.75, 3.05) is 0 Å². The number of carbonyl (C=O) groups excluding carboxylic acids is 2. The van der Waals surface area contributed by atoms with Gasteiger partial charge in [-0.15, -0.1) is 0 Å². The average molecular weight is 316 g/mol. The van der Waals surface area contributed by atoms with Crippen LogP contribution in [0.4, 0.5) is 4.79 Å². The first-order valence-corrected chi connectivity index (χ1v) is 8.46. The van der Waals surface area contributed by atoms with Crippen LogP contribution in [-0.2, 0) is 16.1 Å². The molecule has 2 amide bonds. The number of carbonyl (C=O) groups is 2. The zero-order valence-electron chi connectivity index (χ0n) is 13.5. The molecule has 0 aromatic heterocycles. The van der Waals surface area contributed by atoms with Crippen molar-refractivity contribution in [2.24, 2.45) is 0 Å². The van der Waals surface area contributed by atoms with Gasteiger partial charge in [-0.1, -0.05) is 43.5 Å². The maximum Gasteiger partial charge on any atom is 0.408 e. The Hall–Kier alpha value is -2.04. The third-order valence-corrected chi connectivity index (χ3v) is 4.85. The lowest BCUT2D eigenvalue weighted by Crippen LogP contribution is -2.67. The predicted molar refractivity (Wildman–Crippen MR) is 87.0 cm³/mol. The highest BCUT2D eigenvalue weighted by molar-refractivity contribution is 5.92. The molecule has 1 aliphatic heterocycles. The largest absolute Gasteiger partial charge is 0.445 e. The van der Waals surface area contributed by atoms with Crippen molar-refractivity contribution >= 4 is 12.0 Å². The molecule has 2 N–H and O–H groups in total. The lowest BCUT2D eigenvalue weighted by molar-refractivity contribution is -0.131. The maximum absolute atomic E-state index is 11.7. The Balaban J connectivity index is 1.46. The minimum Gasteiger partial charge on any atom is -0.445 e. The van der Waals surface area contributed by atoms with Gasteiger partial charge in [0.05, 0.1) is 6.04 Å². The fourth-order valence-electron chi connectivity index (χ4n) is 3.36. The lowest BCUT2D eigenvalue weighted by Gasteiger charge is -2.33. The molecule has 5 heteroatoms. The number of β-lactam (4-membered cyclic amide) rings is 1. The van der Waals surface area contributed by atoms with Gasteiger partial charge in [-0.05, 0) is 36.8 Å². The van der Waals surface area contributed by atoms with Crippen molar-refractivity contribution in [3.05, 3.63) is 35.4 Å². The van der Waals surface area contributed by atoms with Crippen LogP contribution in [-0.4, -0.2) is 24.1 Å². The summed E-state index contributed by atoms with van der Waals surface area (Å²) in [5.41, 5.74) is 2.35. The van der Waals surface area contributed by atoms with Gasteiger partial charge in [-0.25, -0.2) is 4.79 Å². The van der Waals surface area contributed by atoms with Gasteiger partial charge in [0.1, 0.15) is 12.6 Å². The first kappa shape index (κ1) is 15.8. The first-order chi connectivity index (χ1) is 11.1. The predicted octanol–water partition coefficient (Wildman–Crippen LogP) is 2.85. The van der Waals surface area contributed by atoms with Crippen molar-refractivity contribution in [1.29, 1.82) is 0 Å². The first-order valence-electron chi connectivity index (χ1n) is 8.46. The molecule has 0 bridgehead atoms. The van der Waals surface area contributed by atoms with Crippen LogP contribution in [0.5, 0.6) is 0 Å². The molecule has 124 valence electrons. The van der Waals surface area contributed by atoms with Crippen LogP contribution in [0.3, 0.4) is 0 Å². The summed E-state index contributed by atoms with van der Waals surface area (Å²) in [6, 6.07) is 7.83. The van der Waals surface area contributed by atoms with E-state index in [4.69, 9.17) is 4.74 Å². The van der Waals surface area contributed by atoms with Crippen LogP contribution in [0.2, 0.25) is 0 Å². The Morgan fingerprint density at radius 2 is 1.91 bits per heavy atom. The summed E-state index contributed by atoms with van der Waals surface area (Å²) in [4.78, 5) is 23.0. The summed E-state index contributed by atoms with van der Waals surface area (Å²) in [6.45, 7) is 2.07. The van der Waals surface area contributed by atoms with E-state index in [1.54, 1.807) is 0 Å². The molecule has 5 nitrogen and oxygen atoms in total. The highest BCUT2D eigenvalue weighted by Gasteiger charge is 2.37. The second-order valence-corrected chi connectivity index (χ2v) is 6.57. The Labute approximate surface area is 136 Å². The normalized spacial score (nSPS) is 24.5. The van der Waals surface area contributed by atoms with Crippen LogP contribution in [0.1, 0.15) is 56.1 Å². The van der Waals surface area contributed by atoms with Crippen molar-refractivity contribution in [3.63, 3.8) is 0 Å². The molecule has 1 saturated heterocycles. The van der Waals surface area contributed by atoms with E-state index in [0.29, 0.717) is 5.92 Å². The van der Waals surface area contributed by atoms with Crippen molar-refractivity contribution in [1.82, 2.24) is 10.6 Å². The molecular formula is C18H24N2O3. The third-order valence-electron chi connectivity index (χ3n) is 4.85. The van der Waals surface area contributed by atoms with Crippen LogP contribution >= 0.6 is 0 Å². The summed E-state index contributed by atoms with van der Waals surface area (Å²) in [7, 11) is 0. The number of ether oxygens (including phenoxy) is 1. The second kappa shape index (κ2) is 7.02. The lowest BCUT2D eigenvalue weighted by atomic mass is 9.84. The molecule has 0 radical (unpaired) electrons. The van der Waals surface area contributed by atoms with Crippen molar-refractivity contribution in [2.45, 2.75) is 63.6 Å². The highest BCUT2D eigenvalue weighted by atomic mass is 16.5. The molecule has 1 aliphatic carbocycles. The maximum atomic E-state index is 11.7. The van der Waals surface area contributed by atoms with Crippen LogP contribution in [0.15, 0.2) is 24.3 Å². The molecule has 1 aromatic rings. The van der Waals surface area contributed by atoms with E-state index in [9.17, 15) is 9.59 Å². The smallest absolute Gasteiger partial charge is 0.408 e. The van der Waals surface area contributed by atoms with Gasteiger partial charge in [0.2, 0.25) is 5.91 Å². The van der Waals surface area contributed by atoms with Gasteiger partial charge in [0.25, 0.3) is 0 Å². The van der Waals surface area contributed by atoms with E-state index in [2.05, 4.69) is 22.8 Å². The molecule has 2 aliphatic rings. The summed E-state index contributed by atoms with van der Waals surface area (Å²) >= 11 is 0. The van der Waals surface area contributed by atoms with Crippen LogP contribution < -0.4 is 10.6 Å². The molecule has 0 unspecified atom stereocenters. The van der Waals surface area contributed by atoms with E-state index < -0.39 is 12.1 Å². The number of nitrogens with one attached hydrogen (secondary N) is 2. The zero-order valence-corrected chi connectivity index (χ0v) is 13.5. The minimum atomic E-state index is -0.548. The fraction of sp³-hybridized carbons (Fsp3) is 0.556. The summed E-state index contributed by atoms with van der Waals surface area (Å²) in [5, 5.41) is 5.24. The fourth-order valence-corrected chi connectivity index (χ4v) is 3.36.